The summed E-state index contributed by atoms with van der Waals surface area (Å²) in [6, 6.07) is 14.9. The molecule has 3 heterocycles. The van der Waals surface area contributed by atoms with Crippen LogP contribution in [-0.4, -0.2) is 38.7 Å². The number of para-hydroxylation sites is 1. The van der Waals surface area contributed by atoms with E-state index in [0.717, 1.165) is 11.3 Å². The van der Waals surface area contributed by atoms with E-state index in [-0.39, 0.29) is 24.1 Å². The Morgan fingerprint density at radius 1 is 1.06 bits per heavy atom. The fourth-order valence-electron chi connectivity index (χ4n) is 4.18. The molecule has 9 heteroatoms. The van der Waals surface area contributed by atoms with Gasteiger partial charge in [-0.05, 0) is 50.6 Å². The van der Waals surface area contributed by atoms with E-state index < -0.39 is 0 Å². The van der Waals surface area contributed by atoms with Gasteiger partial charge in [-0.1, -0.05) is 24.3 Å². The zero-order valence-electron chi connectivity index (χ0n) is 19.2. The number of hydrogen-bond acceptors (Lipinski definition) is 6. The van der Waals surface area contributed by atoms with Crippen LogP contribution in [0.2, 0.25) is 0 Å². The molecule has 0 saturated carbocycles. The van der Waals surface area contributed by atoms with Crippen molar-refractivity contribution in [3.05, 3.63) is 75.8 Å². The molecule has 1 amide bonds. The lowest BCUT2D eigenvalue weighted by Crippen LogP contribution is -2.35. The highest BCUT2D eigenvalue weighted by molar-refractivity contribution is 5.83. The van der Waals surface area contributed by atoms with Gasteiger partial charge in [-0.25, -0.2) is 9.36 Å². The van der Waals surface area contributed by atoms with Crippen molar-refractivity contribution in [1.82, 2.24) is 24.9 Å². The van der Waals surface area contributed by atoms with Crippen LogP contribution in [0.25, 0.3) is 16.6 Å². The number of fused-ring (bicyclic) bond motifs is 2. The maximum atomic E-state index is 13.2. The minimum Gasteiger partial charge on any atom is -0.486 e. The van der Waals surface area contributed by atoms with E-state index >= 15 is 0 Å². The first kappa shape index (κ1) is 21.7. The topological polar surface area (TPSA) is 100 Å². The predicted octanol–water partition coefficient (Wildman–Crippen LogP) is 2.85. The number of benzene rings is 2. The number of ether oxygens (including phenoxy) is 2. The minimum absolute atomic E-state index is 0.194. The molecule has 1 aliphatic heterocycles. The molecular weight excluding hydrogens is 434 g/mol. The van der Waals surface area contributed by atoms with Crippen molar-refractivity contribution >= 4 is 16.8 Å². The molecule has 4 aromatic rings. The largest absolute Gasteiger partial charge is 0.486 e. The van der Waals surface area contributed by atoms with Gasteiger partial charge in [-0.15, -0.1) is 0 Å². The van der Waals surface area contributed by atoms with Gasteiger partial charge >= 0.3 is 0 Å². The van der Waals surface area contributed by atoms with Crippen LogP contribution in [0.5, 0.6) is 11.5 Å². The summed E-state index contributed by atoms with van der Waals surface area (Å²) in [7, 11) is 0. The maximum absolute atomic E-state index is 13.2. The van der Waals surface area contributed by atoms with Crippen molar-refractivity contribution in [2.24, 2.45) is 0 Å². The first-order valence-electron chi connectivity index (χ1n) is 11.1. The van der Waals surface area contributed by atoms with Gasteiger partial charge in [0.15, 0.2) is 11.5 Å². The molecule has 174 valence electrons. The lowest BCUT2D eigenvalue weighted by molar-refractivity contribution is -0.122. The molecule has 2 aromatic heterocycles. The molecule has 9 nitrogen and oxygen atoms in total. The number of nitrogens with zero attached hydrogens (tertiary/aromatic N) is 4. The zero-order valence-corrected chi connectivity index (χ0v) is 19.2. The number of hydrogen-bond donors (Lipinski definition) is 1. The minimum atomic E-state index is -0.345. The van der Waals surface area contributed by atoms with Crippen molar-refractivity contribution in [3.63, 3.8) is 0 Å². The Hall–Kier alpha value is -4.14. The SMILES string of the molecule is Cc1nn(CC(=O)N[C@H](C)c2ccc3c(c2)OCCO3)c(=O)c2c(C)n(-c3ccccc3)nc12. The Bertz CT molecular complexity index is 1440. The maximum Gasteiger partial charge on any atom is 0.278 e. The number of aromatic nitrogens is 4. The summed E-state index contributed by atoms with van der Waals surface area (Å²) in [4.78, 5) is 26.0. The number of amides is 1. The highest BCUT2D eigenvalue weighted by Gasteiger charge is 2.20. The van der Waals surface area contributed by atoms with Gasteiger partial charge in [0, 0.05) is 0 Å². The second kappa shape index (κ2) is 8.66. The molecule has 5 rings (SSSR count). The van der Waals surface area contributed by atoms with Gasteiger partial charge in [-0.2, -0.15) is 10.2 Å². The van der Waals surface area contributed by atoms with E-state index in [2.05, 4.69) is 15.5 Å². The van der Waals surface area contributed by atoms with Crippen LogP contribution in [0, 0.1) is 13.8 Å². The van der Waals surface area contributed by atoms with Gasteiger partial charge in [0.2, 0.25) is 5.91 Å². The molecule has 0 unspecified atom stereocenters. The summed E-state index contributed by atoms with van der Waals surface area (Å²) in [5.41, 5.74) is 3.21. The fourth-order valence-corrected chi connectivity index (χ4v) is 4.18. The number of carbonyl (C=O) groups excluding carboxylic acids is 1. The van der Waals surface area contributed by atoms with E-state index in [1.54, 1.807) is 11.6 Å². The second-order valence-electron chi connectivity index (χ2n) is 8.30. The summed E-state index contributed by atoms with van der Waals surface area (Å²) in [6.45, 7) is 6.33. The Morgan fingerprint density at radius 2 is 1.79 bits per heavy atom. The van der Waals surface area contributed by atoms with Crippen molar-refractivity contribution in [2.45, 2.75) is 33.4 Å². The quantitative estimate of drug-likeness (QED) is 0.493. The molecule has 0 saturated heterocycles. The molecule has 2 aromatic carbocycles. The Morgan fingerprint density at radius 3 is 2.56 bits per heavy atom. The second-order valence-corrected chi connectivity index (χ2v) is 8.30. The molecule has 1 aliphatic rings. The van der Waals surface area contributed by atoms with E-state index in [1.807, 2.05) is 62.4 Å². The molecule has 1 N–H and O–H groups in total. The number of aryl methyl sites for hydroxylation is 2. The van der Waals surface area contributed by atoms with E-state index in [1.165, 1.54) is 4.68 Å². The standard InChI is InChI=1S/C25H25N5O4/c1-15(18-9-10-20-21(13-18)34-12-11-33-20)26-22(31)14-29-25(32)23-17(3)30(19-7-5-4-6-8-19)28-24(23)16(2)27-29/h4-10,13,15H,11-12,14H2,1-3H3,(H,26,31)/t15-/m1/s1. The van der Waals surface area contributed by atoms with Gasteiger partial charge in [0.05, 0.1) is 28.5 Å². The highest BCUT2D eigenvalue weighted by Crippen LogP contribution is 2.32. The van der Waals surface area contributed by atoms with Gasteiger partial charge in [0.1, 0.15) is 25.3 Å². The van der Waals surface area contributed by atoms with Crippen molar-refractivity contribution in [3.8, 4) is 17.2 Å². The van der Waals surface area contributed by atoms with Crippen LogP contribution in [-0.2, 0) is 11.3 Å². The van der Waals surface area contributed by atoms with Crippen LogP contribution in [0.3, 0.4) is 0 Å². The molecule has 0 aliphatic carbocycles. The summed E-state index contributed by atoms with van der Waals surface area (Å²) in [5, 5.41) is 12.4. The molecule has 34 heavy (non-hydrogen) atoms. The fraction of sp³-hybridized carbons (Fsp3) is 0.280. The van der Waals surface area contributed by atoms with Crippen LogP contribution in [0.15, 0.2) is 53.3 Å². The lowest BCUT2D eigenvalue weighted by atomic mass is 10.1. The summed E-state index contributed by atoms with van der Waals surface area (Å²) < 4.78 is 14.1. The molecule has 0 fully saturated rings. The Labute approximate surface area is 195 Å². The molecule has 0 spiro atoms. The molecule has 0 radical (unpaired) electrons. The molecule has 0 bridgehead atoms. The van der Waals surface area contributed by atoms with Crippen LogP contribution >= 0.6 is 0 Å². The van der Waals surface area contributed by atoms with Gasteiger partial charge in [-0.3, -0.25) is 9.59 Å². The average molecular weight is 460 g/mol. The van der Waals surface area contributed by atoms with E-state index in [9.17, 15) is 9.59 Å². The van der Waals surface area contributed by atoms with Gasteiger partial charge < -0.3 is 14.8 Å². The van der Waals surface area contributed by atoms with Crippen LogP contribution < -0.4 is 20.3 Å². The van der Waals surface area contributed by atoms with Crippen molar-refractivity contribution < 1.29 is 14.3 Å². The summed E-state index contributed by atoms with van der Waals surface area (Å²) in [6.07, 6.45) is 0. The average Bonchev–Trinajstić information content (AvgIpc) is 3.20. The Kier molecular flexibility index (Phi) is 5.53. The van der Waals surface area contributed by atoms with E-state index in [0.29, 0.717) is 47.0 Å². The Balaban J connectivity index is 1.39. The number of rotatable bonds is 5. The number of carbonyl (C=O) groups is 1. The molecular formula is C25H25N5O4. The summed E-state index contributed by atoms with van der Waals surface area (Å²) >= 11 is 0. The zero-order chi connectivity index (χ0) is 23.8. The first-order valence-corrected chi connectivity index (χ1v) is 11.1. The van der Waals surface area contributed by atoms with Crippen molar-refractivity contribution in [1.29, 1.82) is 0 Å². The number of nitrogens with one attached hydrogen (secondary N) is 1. The van der Waals surface area contributed by atoms with Crippen LogP contribution in [0.1, 0.15) is 29.9 Å². The predicted molar refractivity (Wildman–Crippen MR) is 127 cm³/mol. The third kappa shape index (κ3) is 3.89. The van der Waals surface area contributed by atoms with E-state index in [4.69, 9.17) is 9.47 Å². The lowest BCUT2D eigenvalue weighted by Gasteiger charge is -2.21. The summed E-state index contributed by atoms with van der Waals surface area (Å²) in [5.74, 6) is 1.04. The third-order valence-electron chi connectivity index (χ3n) is 5.92. The third-order valence-corrected chi connectivity index (χ3v) is 5.92. The first-order chi connectivity index (χ1) is 16.4. The highest BCUT2D eigenvalue weighted by atomic mass is 16.6. The smallest absolute Gasteiger partial charge is 0.278 e. The van der Waals surface area contributed by atoms with Crippen LogP contribution in [0.4, 0.5) is 0 Å². The normalized spacial score (nSPS) is 13.6. The monoisotopic (exact) mass is 459 g/mol. The van der Waals surface area contributed by atoms with Crippen molar-refractivity contribution in [2.75, 3.05) is 13.2 Å². The molecule has 1 atom stereocenters. The van der Waals surface area contributed by atoms with Gasteiger partial charge in [0.25, 0.3) is 5.56 Å².